The minimum absolute atomic E-state index is 0.196. The van der Waals surface area contributed by atoms with E-state index in [1.165, 1.54) is 18.3 Å². The van der Waals surface area contributed by atoms with Gasteiger partial charge in [-0.25, -0.2) is 14.2 Å². The number of para-hydroxylation sites is 1. The molecule has 1 heterocycles. The van der Waals surface area contributed by atoms with Crippen molar-refractivity contribution in [3.8, 4) is 22.8 Å². The van der Waals surface area contributed by atoms with E-state index in [9.17, 15) is 9.18 Å². The van der Waals surface area contributed by atoms with E-state index in [0.29, 0.717) is 11.5 Å². The number of nitrogens with zero attached hydrogens (tertiary/aromatic N) is 2. The van der Waals surface area contributed by atoms with Crippen LogP contribution in [0.5, 0.6) is 11.5 Å². The lowest BCUT2D eigenvalue weighted by atomic mass is 10.1. The predicted molar refractivity (Wildman–Crippen MR) is 80.9 cm³/mol. The smallest absolute Gasteiger partial charge is 0.356 e. The summed E-state index contributed by atoms with van der Waals surface area (Å²) in [5, 5.41) is 8.78. The van der Waals surface area contributed by atoms with Crippen molar-refractivity contribution in [2.45, 2.75) is 0 Å². The Morgan fingerprint density at radius 1 is 1.00 bits per heavy atom. The Bertz CT molecular complexity index is 836. The Morgan fingerprint density at radius 2 is 1.78 bits per heavy atom. The molecule has 0 saturated carbocycles. The van der Waals surface area contributed by atoms with Crippen molar-refractivity contribution in [1.29, 1.82) is 0 Å². The van der Waals surface area contributed by atoms with E-state index in [4.69, 9.17) is 9.84 Å². The van der Waals surface area contributed by atoms with E-state index in [-0.39, 0.29) is 17.0 Å². The highest BCUT2D eigenvalue weighted by atomic mass is 19.1. The summed E-state index contributed by atoms with van der Waals surface area (Å²) in [5.41, 5.74) is 0.270. The standard InChI is InChI=1S/C17H11FN2O3/c18-14-8-12(23-11-4-2-1-3-5-11)6-7-13(14)15-9-20-16(10-19-15)17(21)22/h1-10H,(H,21,22). The molecule has 0 aliphatic heterocycles. The van der Waals surface area contributed by atoms with Crippen molar-refractivity contribution < 1.29 is 19.0 Å². The number of aromatic nitrogens is 2. The lowest BCUT2D eigenvalue weighted by Gasteiger charge is -2.08. The molecule has 0 fully saturated rings. The van der Waals surface area contributed by atoms with Crippen LogP contribution in [0.25, 0.3) is 11.3 Å². The molecule has 23 heavy (non-hydrogen) atoms. The second kappa shape index (κ2) is 6.23. The van der Waals surface area contributed by atoms with Crippen molar-refractivity contribution in [2.75, 3.05) is 0 Å². The quantitative estimate of drug-likeness (QED) is 0.794. The van der Waals surface area contributed by atoms with Gasteiger partial charge in [0.2, 0.25) is 0 Å². The average molecular weight is 310 g/mol. The van der Waals surface area contributed by atoms with E-state index < -0.39 is 11.8 Å². The van der Waals surface area contributed by atoms with Crippen LogP contribution in [0.3, 0.4) is 0 Å². The van der Waals surface area contributed by atoms with E-state index in [1.54, 1.807) is 18.2 Å². The highest BCUT2D eigenvalue weighted by Gasteiger charge is 2.11. The third kappa shape index (κ3) is 3.32. The number of hydrogen-bond acceptors (Lipinski definition) is 4. The summed E-state index contributed by atoms with van der Waals surface area (Å²) in [4.78, 5) is 18.4. The van der Waals surface area contributed by atoms with Crippen LogP contribution in [0.2, 0.25) is 0 Å². The molecule has 1 aromatic heterocycles. The normalized spacial score (nSPS) is 10.3. The van der Waals surface area contributed by atoms with Crippen LogP contribution in [0.15, 0.2) is 60.9 Å². The molecule has 2 aromatic carbocycles. The SMILES string of the molecule is O=C(O)c1cnc(-c2ccc(Oc3ccccc3)cc2F)cn1. The molecule has 3 rings (SSSR count). The summed E-state index contributed by atoms with van der Waals surface area (Å²) in [7, 11) is 0. The fraction of sp³-hybridized carbons (Fsp3) is 0. The van der Waals surface area contributed by atoms with Gasteiger partial charge in [0, 0.05) is 11.6 Å². The van der Waals surface area contributed by atoms with Crippen molar-refractivity contribution >= 4 is 5.97 Å². The summed E-state index contributed by atoms with van der Waals surface area (Å²) in [6.07, 6.45) is 2.31. The van der Waals surface area contributed by atoms with Gasteiger partial charge in [-0.05, 0) is 24.3 Å². The topological polar surface area (TPSA) is 72.3 Å². The molecule has 1 N–H and O–H groups in total. The summed E-state index contributed by atoms with van der Waals surface area (Å²) in [5.74, 6) is -0.759. The second-order valence-corrected chi connectivity index (χ2v) is 4.65. The van der Waals surface area contributed by atoms with Gasteiger partial charge in [0.05, 0.1) is 18.1 Å². The maximum absolute atomic E-state index is 14.2. The van der Waals surface area contributed by atoms with E-state index >= 15 is 0 Å². The number of aromatic carboxylic acids is 1. The lowest BCUT2D eigenvalue weighted by Crippen LogP contribution is -2.01. The zero-order chi connectivity index (χ0) is 16.2. The third-order valence-corrected chi connectivity index (χ3v) is 3.07. The largest absolute Gasteiger partial charge is 0.476 e. The van der Waals surface area contributed by atoms with Crippen LogP contribution >= 0.6 is 0 Å². The maximum Gasteiger partial charge on any atom is 0.356 e. The number of benzene rings is 2. The van der Waals surface area contributed by atoms with Gasteiger partial charge in [-0.1, -0.05) is 18.2 Å². The molecular weight excluding hydrogens is 299 g/mol. The number of carboxylic acids is 1. The van der Waals surface area contributed by atoms with E-state index in [2.05, 4.69) is 9.97 Å². The molecule has 0 bridgehead atoms. The molecule has 6 heteroatoms. The van der Waals surface area contributed by atoms with Crippen LogP contribution < -0.4 is 4.74 Å². The molecule has 0 radical (unpaired) electrons. The van der Waals surface area contributed by atoms with Gasteiger partial charge in [0.15, 0.2) is 5.69 Å². The van der Waals surface area contributed by atoms with Crippen LogP contribution in [-0.2, 0) is 0 Å². The van der Waals surface area contributed by atoms with Gasteiger partial charge < -0.3 is 9.84 Å². The highest BCUT2D eigenvalue weighted by Crippen LogP contribution is 2.27. The Morgan fingerprint density at radius 3 is 2.39 bits per heavy atom. The Labute approximate surface area is 131 Å². The molecule has 0 spiro atoms. The fourth-order valence-electron chi connectivity index (χ4n) is 1.97. The van der Waals surface area contributed by atoms with Gasteiger partial charge in [-0.3, -0.25) is 4.98 Å². The zero-order valence-corrected chi connectivity index (χ0v) is 11.8. The van der Waals surface area contributed by atoms with Crippen molar-refractivity contribution in [3.63, 3.8) is 0 Å². The Balaban J connectivity index is 1.85. The molecule has 0 aliphatic rings. The molecule has 0 unspecified atom stereocenters. The molecular formula is C17H11FN2O3. The first kappa shape index (κ1) is 14.6. The predicted octanol–water partition coefficient (Wildman–Crippen LogP) is 3.77. The first-order valence-corrected chi connectivity index (χ1v) is 6.71. The summed E-state index contributed by atoms with van der Waals surface area (Å²) >= 11 is 0. The first-order valence-electron chi connectivity index (χ1n) is 6.71. The number of carboxylic acid groups (broad SMARTS) is 1. The van der Waals surface area contributed by atoms with Crippen molar-refractivity contribution in [1.82, 2.24) is 9.97 Å². The molecule has 0 aliphatic carbocycles. The molecule has 0 atom stereocenters. The van der Waals surface area contributed by atoms with Gasteiger partial charge in [0.1, 0.15) is 17.3 Å². The first-order chi connectivity index (χ1) is 11.1. The Hall–Kier alpha value is -3.28. The molecule has 114 valence electrons. The van der Waals surface area contributed by atoms with Crippen LogP contribution in [0.1, 0.15) is 10.5 Å². The zero-order valence-electron chi connectivity index (χ0n) is 11.8. The van der Waals surface area contributed by atoms with Crippen LogP contribution in [-0.4, -0.2) is 21.0 Å². The van der Waals surface area contributed by atoms with E-state index in [0.717, 1.165) is 6.20 Å². The minimum Gasteiger partial charge on any atom is -0.476 e. The molecule has 0 saturated heterocycles. The monoisotopic (exact) mass is 310 g/mol. The lowest BCUT2D eigenvalue weighted by molar-refractivity contribution is 0.0690. The maximum atomic E-state index is 14.2. The highest BCUT2D eigenvalue weighted by molar-refractivity contribution is 5.85. The van der Waals surface area contributed by atoms with Gasteiger partial charge in [0.25, 0.3) is 0 Å². The number of halogens is 1. The van der Waals surface area contributed by atoms with Crippen molar-refractivity contribution in [3.05, 3.63) is 72.4 Å². The molecule has 3 aromatic rings. The fourth-order valence-corrected chi connectivity index (χ4v) is 1.97. The van der Waals surface area contributed by atoms with Crippen LogP contribution in [0, 0.1) is 5.82 Å². The number of hydrogen-bond donors (Lipinski definition) is 1. The van der Waals surface area contributed by atoms with Crippen LogP contribution in [0.4, 0.5) is 4.39 Å². The second-order valence-electron chi connectivity index (χ2n) is 4.65. The minimum atomic E-state index is -1.18. The average Bonchev–Trinajstić information content (AvgIpc) is 2.56. The summed E-state index contributed by atoms with van der Waals surface area (Å²) in [6.45, 7) is 0. The Kier molecular flexibility index (Phi) is 3.97. The number of rotatable bonds is 4. The van der Waals surface area contributed by atoms with Gasteiger partial charge in [-0.2, -0.15) is 0 Å². The van der Waals surface area contributed by atoms with E-state index in [1.807, 2.05) is 18.2 Å². The van der Waals surface area contributed by atoms with Gasteiger partial charge in [-0.15, -0.1) is 0 Å². The summed E-state index contributed by atoms with van der Waals surface area (Å²) in [6, 6.07) is 13.4. The molecule has 0 amide bonds. The van der Waals surface area contributed by atoms with Crippen molar-refractivity contribution in [2.24, 2.45) is 0 Å². The molecule has 5 nitrogen and oxygen atoms in total. The number of carbonyl (C=O) groups is 1. The van der Waals surface area contributed by atoms with Gasteiger partial charge >= 0.3 is 5.97 Å². The number of ether oxygens (including phenoxy) is 1. The summed E-state index contributed by atoms with van der Waals surface area (Å²) < 4.78 is 19.8. The third-order valence-electron chi connectivity index (χ3n) is 3.07.